The molecule has 2 aromatic carbocycles. The zero-order valence-corrected chi connectivity index (χ0v) is 20.5. The SMILES string of the molecule is CC(C)C[C@@H]1C(=O)N[C@H](C2Cc3ccccc3C2)C(=O)N1[C@@H](C(=O)NC(C)C)c1ccccc1. The van der Waals surface area contributed by atoms with Crippen molar-refractivity contribution in [2.24, 2.45) is 11.8 Å². The summed E-state index contributed by atoms with van der Waals surface area (Å²) in [6.45, 7) is 7.85. The van der Waals surface area contributed by atoms with Crippen molar-refractivity contribution in [2.75, 3.05) is 0 Å². The number of hydrogen-bond acceptors (Lipinski definition) is 3. The third-order valence-electron chi connectivity index (χ3n) is 6.78. The first-order valence-electron chi connectivity index (χ1n) is 12.3. The minimum absolute atomic E-state index is 0.0269. The van der Waals surface area contributed by atoms with Gasteiger partial charge in [-0.3, -0.25) is 14.4 Å². The first-order chi connectivity index (χ1) is 16.3. The van der Waals surface area contributed by atoms with Gasteiger partial charge in [0.2, 0.25) is 17.7 Å². The zero-order valence-electron chi connectivity index (χ0n) is 20.5. The fourth-order valence-electron chi connectivity index (χ4n) is 5.31. The summed E-state index contributed by atoms with van der Waals surface area (Å²) in [7, 11) is 0. The van der Waals surface area contributed by atoms with Crippen molar-refractivity contribution in [1.82, 2.24) is 15.5 Å². The van der Waals surface area contributed by atoms with Gasteiger partial charge in [-0.25, -0.2) is 0 Å². The third-order valence-corrected chi connectivity index (χ3v) is 6.78. The van der Waals surface area contributed by atoms with Crippen LogP contribution in [-0.2, 0) is 27.2 Å². The molecule has 4 rings (SSSR count). The predicted octanol–water partition coefficient (Wildman–Crippen LogP) is 3.41. The highest BCUT2D eigenvalue weighted by molar-refractivity contribution is 6.00. The maximum absolute atomic E-state index is 14.1. The van der Waals surface area contributed by atoms with Crippen LogP contribution < -0.4 is 10.6 Å². The van der Waals surface area contributed by atoms with E-state index in [1.807, 2.05) is 70.2 Å². The molecule has 0 radical (unpaired) electrons. The standard InChI is InChI=1S/C28H35N3O3/c1-17(2)14-23-26(32)30-24(22-15-20-12-8-9-13-21(20)16-22)28(34)31(23)25(27(33)29-18(3)4)19-10-6-5-7-11-19/h5-13,17-18,22-25H,14-16H2,1-4H3,(H,29,33)(H,30,32)/t23-,24-,25-/m1/s1. The van der Waals surface area contributed by atoms with Crippen molar-refractivity contribution >= 4 is 17.7 Å². The highest BCUT2D eigenvalue weighted by Crippen LogP contribution is 2.35. The van der Waals surface area contributed by atoms with Crippen LogP contribution in [0.2, 0.25) is 0 Å². The third kappa shape index (κ3) is 4.86. The molecule has 0 bridgehead atoms. The molecule has 3 amide bonds. The number of amides is 3. The van der Waals surface area contributed by atoms with Crippen LogP contribution in [0.5, 0.6) is 0 Å². The second kappa shape index (κ2) is 10.00. The summed E-state index contributed by atoms with van der Waals surface area (Å²) in [4.78, 5) is 42.7. The Bertz CT molecular complexity index is 1020. The van der Waals surface area contributed by atoms with Crippen molar-refractivity contribution in [2.45, 2.75) is 71.1 Å². The zero-order chi connectivity index (χ0) is 24.4. The van der Waals surface area contributed by atoms with E-state index in [1.165, 1.54) is 11.1 Å². The van der Waals surface area contributed by atoms with E-state index in [1.54, 1.807) is 4.90 Å². The van der Waals surface area contributed by atoms with Gasteiger partial charge in [-0.2, -0.15) is 0 Å². The molecule has 3 atom stereocenters. The molecule has 1 saturated heterocycles. The normalized spacial score (nSPS) is 21.5. The number of nitrogens with zero attached hydrogens (tertiary/aromatic N) is 1. The molecule has 0 spiro atoms. The lowest BCUT2D eigenvalue weighted by Crippen LogP contribution is -2.67. The average Bonchev–Trinajstić information content (AvgIpc) is 3.22. The van der Waals surface area contributed by atoms with Gasteiger partial charge in [0, 0.05) is 6.04 Å². The molecule has 2 aliphatic rings. The lowest BCUT2D eigenvalue weighted by molar-refractivity contribution is -0.158. The van der Waals surface area contributed by atoms with E-state index < -0.39 is 18.1 Å². The maximum atomic E-state index is 14.1. The van der Waals surface area contributed by atoms with Crippen LogP contribution in [0, 0.1) is 11.8 Å². The van der Waals surface area contributed by atoms with Crippen molar-refractivity contribution < 1.29 is 14.4 Å². The molecule has 0 aromatic heterocycles. The Morgan fingerprint density at radius 1 is 0.971 bits per heavy atom. The van der Waals surface area contributed by atoms with Crippen molar-refractivity contribution in [3.8, 4) is 0 Å². The number of fused-ring (bicyclic) bond motifs is 1. The van der Waals surface area contributed by atoms with E-state index >= 15 is 0 Å². The molecule has 1 aliphatic carbocycles. The molecule has 0 unspecified atom stereocenters. The Balaban J connectivity index is 1.73. The van der Waals surface area contributed by atoms with E-state index in [9.17, 15) is 14.4 Å². The van der Waals surface area contributed by atoms with Gasteiger partial charge in [0.15, 0.2) is 0 Å². The fourth-order valence-corrected chi connectivity index (χ4v) is 5.31. The number of piperazine rings is 1. The number of benzene rings is 2. The van der Waals surface area contributed by atoms with Crippen LogP contribution in [0.15, 0.2) is 54.6 Å². The van der Waals surface area contributed by atoms with Gasteiger partial charge < -0.3 is 15.5 Å². The first-order valence-corrected chi connectivity index (χ1v) is 12.3. The topological polar surface area (TPSA) is 78.5 Å². The first kappa shape index (κ1) is 24.0. The summed E-state index contributed by atoms with van der Waals surface area (Å²) in [5.41, 5.74) is 3.16. The molecular weight excluding hydrogens is 426 g/mol. The Kier molecular flexibility index (Phi) is 7.05. The van der Waals surface area contributed by atoms with E-state index in [2.05, 4.69) is 22.8 Å². The minimum Gasteiger partial charge on any atom is -0.352 e. The second-order valence-corrected chi connectivity index (χ2v) is 10.3. The predicted molar refractivity (Wildman–Crippen MR) is 132 cm³/mol. The van der Waals surface area contributed by atoms with E-state index in [0.717, 1.165) is 12.8 Å². The lowest BCUT2D eigenvalue weighted by atomic mass is 9.88. The second-order valence-electron chi connectivity index (χ2n) is 10.3. The fraction of sp³-hybridized carbons (Fsp3) is 0.464. The molecule has 1 heterocycles. The van der Waals surface area contributed by atoms with Crippen LogP contribution in [-0.4, -0.2) is 40.7 Å². The van der Waals surface area contributed by atoms with Gasteiger partial charge in [-0.15, -0.1) is 0 Å². The number of carbonyl (C=O) groups is 3. The Morgan fingerprint density at radius 2 is 1.56 bits per heavy atom. The Labute approximate surface area is 202 Å². The van der Waals surface area contributed by atoms with Gasteiger partial charge in [0.25, 0.3) is 0 Å². The minimum atomic E-state index is -0.864. The summed E-state index contributed by atoms with van der Waals surface area (Å²) in [6, 6.07) is 15.2. The quantitative estimate of drug-likeness (QED) is 0.663. The molecule has 6 heteroatoms. The lowest BCUT2D eigenvalue weighted by Gasteiger charge is -2.45. The van der Waals surface area contributed by atoms with Gasteiger partial charge in [0.05, 0.1) is 0 Å². The molecule has 2 aromatic rings. The largest absolute Gasteiger partial charge is 0.352 e. The summed E-state index contributed by atoms with van der Waals surface area (Å²) in [5, 5.41) is 6.03. The average molecular weight is 462 g/mol. The van der Waals surface area contributed by atoms with Gasteiger partial charge >= 0.3 is 0 Å². The smallest absolute Gasteiger partial charge is 0.247 e. The molecular formula is C28H35N3O3. The Hall–Kier alpha value is -3.15. The van der Waals surface area contributed by atoms with Crippen molar-refractivity contribution in [3.05, 3.63) is 71.3 Å². The molecule has 2 N–H and O–H groups in total. The summed E-state index contributed by atoms with van der Waals surface area (Å²) >= 11 is 0. The molecule has 6 nitrogen and oxygen atoms in total. The van der Waals surface area contributed by atoms with E-state index in [0.29, 0.717) is 12.0 Å². The molecule has 180 valence electrons. The van der Waals surface area contributed by atoms with Crippen LogP contribution in [0.25, 0.3) is 0 Å². The van der Waals surface area contributed by atoms with Crippen LogP contribution in [0.1, 0.15) is 56.8 Å². The molecule has 1 aliphatic heterocycles. The summed E-state index contributed by atoms with van der Waals surface area (Å²) in [5.74, 6) is -0.446. The van der Waals surface area contributed by atoms with Crippen LogP contribution >= 0.6 is 0 Å². The van der Waals surface area contributed by atoms with Crippen molar-refractivity contribution in [3.63, 3.8) is 0 Å². The summed E-state index contributed by atoms with van der Waals surface area (Å²) < 4.78 is 0. The van der Waals surface area contributed by atoms with Crippen LogP contribution in [0.3, 0.4) is 0 Å². The van der Waals surface area contributed by atoms with E-state index in [-0.39, 0.29) is 35.6 Å². The maximum Gasteiger partial charge on any atom is 0.247 e. The highest BCUT2D eigenvalue weighted by Gasteiger charge is 2.49. The number of hydrogen-bond donors (Lipinski definition) is 2. The number of carbonyl (C=O) groups excluding carboxylic acids is 3. The number of nitrogens with one attached hydrogen (secondary N) is 2. The van der Waals surface area contributed by atoms with E-state index in [4.69, 9.17) is 0 Å². The summed E-state index contributed by atoms with van der Waals surface area (Å²) in [6.07, 6.45) is 1.97. The number of rotatable bonds is 7. The molecule has 0 saturated carbocycles. The van der Waals surface area contributed by atoms with Gasteiger partial charge in [0.1, 0.15) is 18.1 Å². The highest BCUT2D eigenvalue weighted by atomic mass is 16.2. The van der Waals surface area contributed by atoms with Crippen LogP contribution in [0.4, 0.5) is 0 Å². The van der Waals surface area contributed by atoms with Gasteiger partial charge in [-0.1, -0.05) is 68.4 Å². The molecule has 34 heavy (non-hydrogen) atoms. The monoisotopic (exact) mass is 461 g/mol. The molecule has 1 fully saturated rings. The van der Waals surface area contributed by atoms with Gasteiger partial charge in [-0.05, 0) is 61.6 Å². The van der Waals surface area contributed by atoms with Crippen molar-refractivity contribution in [1.29, 1.82) is 0 Å². The Morgan fingerprint density at radius 3 is 2.12 bits per heavy atom.